The van der Waals surface area contributed by atoms with Gasteiger partial charge < -0.3 is 25.2 Å². The highest BCUT2D eigenvalue weighted by atomic mass is 35.5. The van der Waals surface area contributed by atoms with Gasteiger partial charge in [-0.1, -0.05) is 11.6 Å². The molecule has 0 unspecified atom stereocenters. The van der Waals surface area contributed by atoms with Crippen LogP contribution in [0.25, 0.3) is 0 Å². The number of methoxy groups -OCH3 is 1. The van der Waals surface area contributed by atoms with Gasteiger partial charge in [-0.25, -0.2) is 4.39 Å². The zero-order valence-corrected chi connectivity index (χ0v) is 23.1. The number of anilines is 1. The number of ether oxygens (including phenoxy) is 2. The lowest BCUT2D eigenvalue weighted by molar-refractivity contribution is -0.150. The fourth-order valence-corrected chi connectivity index (χ4v) is 5.08. The van der Waals surface area contributed by atoms with E-state index in [0.29, 0.717) is 38.5 Å². The van der Waals surface area contributed by atoms with Gasteiger partial charge in [-0.05, 0) is 76.1 Å². The van der Waals surface area contributed by atoms with Gasteiger partial charge in [0.25, 0.3) is 11.8 Å². The van der Waals surface area contributed by atoms with Crippen molar-refractivity contribution in [2.75, 3.05) is 19.0 Å². The molecular formula is C29H31ClFN3O6. The second-order valence-electron chi connectivity index (χ2n) is 10.7. The van der Waals surface area contributed by atoms with Crippen LogP contribution in [0.4, 0.5) is 10.1 Å². The molecule has 11 heteroatoms. The Balaban J connectivity index is 1.55. The summed E-state index contributed by atoms with van der Waals surface area (Å²) >= 11 is 6.14. The maximum atomic E-state index is 14.4. The van der Waals surface area contributed by atoms with Gasteiger partial charge in [0.15, 0.2) is 0 Å². The van der Waals surface area contributed by atoms with Crippen molar-refractivity contribution in [1.29, 1.82) is 5.26 Å². The Morgan fingerprint density at radius 2 is 1.80 bits per heavy atom. The number of rotatable bonds is 9. The molecule has 4 rings (SSSR count). The van der Waals surface area contributed by atoms with Crippen molar-refractivity contribution >= 4 is 35.1 Å². The Kier molecular flexibility index (Phi) is 8.54. The molecule has 2 saturated carbocycles. The smallest absolute Gasteiger partial charge is 0.309 e. The first-order chi connectivity index (χ1) is 19.0. The summed E-state index contributed by atoms with van der Waals surface area (Å²) in [5, 5.41) is 24.7. The number of carbonyl (C=O) groups is 3. The molecule has 0 spiro atoms. The number of nitrogens with one attached hydrogen (secondary N) is 2. The largest absolute Gasteiger partial charge is 0.496 e. The molecular weight excluding hydrogens is 541 g/mol. The molecule has 0 heterocycles. The van der Waals surface area contributed by atoms with Crippen molar-refractivity contribution in [3.8, 4) is 17.6 Å². The van der Waals surface area contributed by atoms with E-state index in [1.165, 1.54) is 37.4 Å². The standard InChI is InChI=1S/C29H31ClFN3O6/c1-28(27(37)38)10-6-19(7-11-28)40-23-14-21(24(39-2)12-17(23)15-32)26(36)34-22-13-18(30)4-5-20(22)25(35)33-16-29(31)8-3-9-29/h4-5,12-14,19H,3,6-11,16H2,1-2H3,(H,33,35)(H,34,36)(H,37,38)/t19-,28+. The Labute approximate surface area is 236 Å². The summed E-state index contributed by atoms with van der Waals surface area (Å²) in [4.78, 5) is 37.9. The lowest BCUT2D eigenvalue weighted by Crippen LogP contribution is -2.44. The molecule has 0 radical (unpaired) electrons. The Morgan fingerprint density at radius 1 is 1.10 bits per heavy atom. The summed E-state index contributed by atoms with van der Waals surface area (Å²) in [6, 6.07) is 9.18. The molecule has 0 aliphatic heterocycles. The topological polar surface area (TPSA) is 138 Å². The summed E-state index contributed by atoms with van der Waals surface area (Å²) in [5.74, 6) is -1.78. The van der Waals surface area contributed by atoms with E-state index in [2.05, 4.69) is 10.6 Å². The monoisotopic (exact) mass is 571 g/mol. The minimum absolute atomic E-state index is 0.0474. The van der Waals surface area contributed by atoms with Gasteiger partial charge in [0.1, 0.15) is 23.2 Å². The van der Waals surface area contributed by atoms with E-state index in [0.717, 1.165) is 6.42 Å². The number of carboxylic acids is 1. The maximum Gasteiger partial charge on any atom is 0.309 e. The third-order valence-electron chi connectivity index (χ3n) is 7.80. The van der Waals surface area contributed by atoms with Crippen LogP contribution in [0.5, 0.6) is 11.5 Å². The molecule has 2 aliphatic rings. The first-order valence-electron chi connectivity index (χ1n) is 13.1. The Hall–Kier alpha value is -3.84. The van der Waals surface area contributed by atoms with Crippen molar-refractivity contribution in [3.05, 3.63) is 52.0 Å². The molecule has 0 aromatic heterocycles. The van der Waals surface area contributed by atoms with E-state index >= 15 is 0 Å². The van der Waals surface area contributed by atoms with Crippen LogP contribution in [-0.2, 0) is 4.79 Å². The summed E-state index contributed by atoms with van der Waals surface area (Å²) in [6.45, 7) is 1.58. The summed E-state index contributed by atoms with van der Waals surface area (Å²) in [7, 11) is 1.35. The van der Waals surface area contributed by atoms with Crippen LogP contribution in [0.2, 0.25) is 5.02 Å². The summed E-state index contributed by atoms with van der Waals surface area (Å²) in [6.07, 6.45) is 3.00. The predicted molar refractivity (Wildman–Crippen MR) is 146 cm³/mol. The quantitative estimate of drug-likeness (QED) is 0.361. The van der Waals surface area contributed by atoms with Crippen LogP contribution in [0.1, 0.15) is 78.1 Å². The first-order valence-corrected chi connectivity index (χ1v) is 13.4. The van der Waals surface area contributed by atoms with Crippen molar-refractivity contribution in [2.24, 2.45) is 5.41 Å². The normalized spacial score (nSPS) is 21.3. The third kappa shape index (κ3) is 6.31. The number of carbonyl (C=O) groups excluding carboxylic acids is 2. The first kappa shape index (κ1) is 29.2. The van der Waals surface area contributed by atoms with Crippen LogP contribution < -0.4 is 20.1 Å². The number of hydrogen-bond donors (Lipinski definition) is 3. The van der Waals surface area contributed by atoms with Crippen LogP contribution in [-0.4, -0.2) is 48.3 Å². The van der Waals surface area contributed by atoms with E-state index in [1.807, 2.05) is 6.07 Å². The molecule has 40 heavy (non-hydrogen) atoms. The number of hydrogen-bond acceptors (Lipinski definition) is 6. The summed E-state index contributed by atoms with van der Waals surface area (Å²) < 4.78 is 25.9. The molecule has 2 aliphatic carbocycles. The maximum absolute atomic E-state index is 14.4. The molecule has 0 atom stereocenters. The number of aliphatic carboxylic acids is 1. The second kappa shape index (κ2) is 11.7. The minimum atomic E-state index is -1.41. The molecule has 2 aromatic rings. The van der Waals surface area contributed by atoms with Gasteiger partial charge in [0.05, 0.1) is 47.6 Å². The average molecular weight is 572 g/mol. The highest BCUT2D eigenvalue weighted by molar-refractivity contribution is 6.31. The van der Waals surface area contributed by atoms with Crippen LogP contribution in [0.15, 0.2) is 30.3 Å². The lowest BCUT2D eigenvalue weighted by Gasteiger charge is -2.34. The summed E-state index contributed by atoms with van der Waals surface area (Å²) in [5.41, 5.74) is -1.82. The van der Waals surface area contributed by atoms with Crippen LogP contribution >= 0.6 is 11.6 Å². The number of carboxylic acid groups (broad SMARTS) is 1. The number of halogens is 2. The van der Waals surface area contributed by atoms with E-state index in [4.69, 9.17) is 21.1 Å². The van der Waals surface area contributed by atoms with Gasteiger partial charge in [-0.3, -0.25) is 14.4 Å². The lowest BCUT2D eigenvalue weighted by atomic mass is 9.75. The van der Waals surface area contributed by atoms with E-state index < -0.39 is 28.9 Å². The van der Waals surface area contributed by atoms with E-state index in [1.54, 1.807) is 6.92 Å². The van der Waals surface area contributed by atoms with Gasteiger partial charge >= 0.3 is 5.97 Å². The second-order valence-corrected chi connectivity index (χ2v) is 11.1. The molecule has 9 nitrogen and oxygen atoms in total. The third-order valence-corrected chi connectivity index (χ3v) is 8.04. The van der Waals surface area contributed by atoms with E-state index in [-0.39, 0.29) is 51.5 Å². The Morgan fingerprint density at radius 3 is 2.38 bits per heavy atom. The molecule has 0 bridgehead atoms. The predicted octanol–water partition coefficient (Wildman–Crippen LogP) is 5.51. The van der Waals surface area contributed by atoms with E-state index in [9.17, 15) is 29.1 Å². The average Bonchev–Trinajstić information content (AvgIpc) is 2.91. The molecule has 2 amide bonds. The number of nitrogens with zero attached hydrogens (tertiary/aromatic N) is 1. The van der Waals surface area contributed by atoms with Crippen LogP contribution in [0, 0.1) is 16.7 Å². The van der Waals surface area contributed by atoms with Crippen LogP contribution in [0.3, 0.4) is 0 Å². The fraction of sp³-hybridized carbons (Fsp3) is 0.448. The van der Waals surface area contributed by atoms with Crippen molar-refractivity contribution in [2.45, 2.75) is 63.6 Å². The van der Waals surface area contributed by atoms with Crippen molar-refractivity contribution < 1.29 is 33.4 Å². The SMILES string of the molecule is COc1cc(C#N)c(O[C@H]2CC[C@@](C)(C(=O)O)CC2)cc1C(=O)Nc1cc(Cl)ccc1C(=O)NCC1(F)CCC1. The van der Waals surface area contributed by atoms with Crippen molar-refractivity contribution in [1.82, 2.24) is 5.32 Å². The van der Waals surface area contributed by atoms with Crippen molar-refractivity contribution in [3.63, 3.8) is 0 Å². The zero-order chi connectivity index (χ0) is 29.1. The highest BCUT2D eigenvalue weighted by Gasteiger charge is 2.39. The molecule has 0 saturated heterocycles. The Bertz CT molecular complexity index is 1360. The number of amides is 2. The highest BCUT2D eigenvalue weighted by Crippen LogP contribution is 2.39. The molecule has 3 N–H and O–H groups in total. The van der Waals surface area contributed by atoms with Gasteiger partial charge in [0.2, 0.25) is 0 Å². The molecule has 2 aromatic carbocycles. The van der Waals surface area contributed by atoms with Gasteiger partial charge in [0, 0.05) is 11.1 Å². The number of nitriles is 1. The molecule has 212 valence electrons. The van der Waals surface area contributed by atoms with Gasteiger partial charge in [-0.2, -0.15) is 5.26 Å². The number of benzene rings is 2. The van der Waals surface area contributed by atoms with Gasteiger partial charge in [-0.15, -0.1) is 0 Å². The minimum Gasteiger partial charge on any atom is -0.496 e. The molecule has 2 fully saturated rings. The fourth-order valence-electron chi connectivity index (χ4n) is 4.91. The number of alkyl halides is 1. The zero-order valence-electron chi connectivity index (χ0n) is 22.3.